The monoisotopic (exact) mass is 450 g/mol. The molecule has 2 heterocycles. The van der Waals surface area contributed by atoms with E-state index in [-0.39, 0.29) is 23.4 Å². The molecule has 1 aromatic heterocycles. The van der Waals surface area contributed by atoms with Gasteiger partial charge >= 0.3 is 6.18 Å². The fourth-order valence-corrected chi connectivity index (χ4v) is 4.06. The maximum Gasteiger partial charge on any atom is 0.417 e. The van der Waals surface area contributed by atoms with E-state index < -0.39 is 17.2 Å². The number of hydrogen-bond donors (Lipinski definition) is 0. The number of benzene rings is 2. The van der Waals surface area contributed by atoms with Gasteiger partial charge < -0.3 is 9.32 Å². The zero-order valence-electron chi connectivity index (χ0n) is 17.2. The highest BCUT2D eigenvalue weighted by Gasteiger charge is 2.40. The Labute approximate surface area is 183 Å². The second-order valence-corrected chi connectivity index (χ2v) is 8.72. The van der Waals surface area contributed by atoms with Crippen molar-refractivity contribution < 1.29 is 22.4 Å². The highest BCUT2D eigenvalue weighted by molar-refractivity contribution is 6.19. The largest absolute Gasteiger partial charge is 0.438 e. The molecule has 4 nitrogen and oxygen atoms in total. The molecule has 164 valence electrons. The summed E-state index contributed by atoms with van der Waals surface area (Å²) in [5, 5.41) is 0. The zero-order chi connectivity index (χ0) is 22.4. The molecule has 1 aliphatic rings. The third kappa shape index (κ3) is 4.03. The number of hydrogen-bond acceptors (Lipinski definition) is 3. The van der Waals surface area contributed by atoms with Crippen LogP contribution in [0, 0.1) is 5.41 Å². The SMILES string of the molecule is CC(C)(CCl)C(=O)N1CCC[C@@H]1c1nc2cc(-c3ccccc3C(F)(F)F)ccc2o1. The van der Waals surface area contributed by atoms with Crippen molar-refractivity contribution in [1.29, 1.82) is 0 Å². The van der Waals surface area contributed by atoms with Crippen LogP contribution in [0.1, 0.15) is 44.2 Å². The van der Waals surface area contributed by atoms with Crippen LogP contribution < -0.4 is 0 Å². The van der Waals surface area contributed by atoms with E-state index in [2.05, 4.69) is 4.98 Å². The topological polar surface area (TPSA) is 46.3 Å². The Morgan fingerprint density at radius 1 is 1.23 bits per heavy atom. The summed E-state index contributed by atoms with van der Waals surface area (Å²) < 4.78 is 46.2. The van der Waals surface area contributed by atoms with Crippen LogP contribution in [-0.4, -0.2) is 28.2 Å². The molecular formula is C23H22ClF3N2O2. The molecule has 8 heteroatoms. The van der Waals surface area contributed by atoms with E-state index in [1.165, 1.54) is 12.1 Å². The molecule has 31 heavy (non-hydrogen) atoms. The quantitative estimate of drug-likeness (QED) is 0.429. The minimum atomic E-state index is -4.46. The Morgan fingerprint density at radius 3 is 2.68 bits per heavy atom. The number of likely N-dealkylation sites (tertiary alicyclic amines) is 1. The minimum Gasteiger partial charge on any atom is -0.438 e. The second-order valence-electron chi connectivity index (χ2n) is 8.45. The van der Waals surface area contributed by atoms with Gasteiger partial charge in [-0.2, -0.15) is 13.2 Å². The number of oxazole rings is 1. The molecule has 0 bridgehead atoms. The predicted octanol–water partition coefficient (Wildman–Crippen LogP) is 6.44. The van der Waals surface area contributed by atoms with Crippen LogP contribution in [0.3, 0.4) is 0 Å². The molecular weight excluding hydrogens is 429 g/mol. The van der Waals surface area contributed by atoms with Crippen LogP contribution in [0.5, 0.6) is 0 Å². The van der Waals surface area contributed by atoms with Gasteiger partial charge in [0.15, 0.2) is 5.58 Å². The summed E-state index contributed by atoms with van der Waals surface area (Å²) in [6, 6.07) is 9.94. The maximum atomic E-state index is 13.4. The lowest BCUT2D eigenvalue weighted by atomic mass is 9.94. The number of nitrogens with zero attached hydrogens (tertiary/aromatic N) is 2. The normalized spacial score (nSPS) is 17.5. The molecule has 1 atom stereocenters. The first-order chi connectivity index (χ1) is 14.6. The number of rotatable bonds is 4. The van der Waals surface area contributed by atoms with Crippen molar-refractivity contribution in [2.75, 3.05) is 12.4 Å². The molecule has 1 amide bonds. The first-order valence-corrected chi connectivity index (χ1v) is 10.6. The van der Waals surface area contributed by atoms with Crippen LogP contribution in [-0.2, 0) is 11.0 Å². The molecule has 1 aliphatic heterocycles. The number of fused-ring (bicyclic) bond motifs is 1. The minimum absolute atomic E-state index is 0.0629. The number of alkyl halides is 4. The van der Waals surface area contributed by atoms with E-state index in [0.29, 0.717) is 35.5 Å². The van der Waals surface area contributed by atoms with E-state index in [4.69, 9.17) is 16.0 Å². The smallest absolute Gasteiger partial charge is 0.417 e. The lowest BCUT2D eigenvalue weighted by Gasteiger charge is -2.30. The van der Waals surface area contributed by atoms with E-state index >= 15 is 0 Å². The summed E-state index contributed by atoms with van der Waals surface area (Å²) >= 11 is 5.98. The third-order valence-electron chi connectivity index (χ3n) is 5.66. The molecule has 1 saturated heterocycles. The van der Waals surface area contributed by atoms with Crippen LogP contribution in [0.4, 0.5) is 13.2 Å². The summed E-state index contributed by atoms with van der Waals surface area (Å²) in [4.78, 5) is 19.2. The Bertz CT molecular complexity index is 1120. The average molecular weight is 451 g/mol. The van der Waals surface area contributed by atoms with Crippen molar-refractivity contribution in [1.82, 2.24) is 9.88 Å². The zero-order valence-corrected chi connectivity index (χ0v) is 17.9. The molecule has 0 saturated carbocycles. The Balaban J connectivity index is 1.70. The van der Waals surface area contributed by atoms with E-state index in [1.807, 2.05) is 0 Å². The third-order valence-corrected chi connectivity index (χ3v) is 6.33. The molecule has 0 radical (unpaired) electrons. The summed E-state index contributed by atoms with van der Waals surface area (Å²) in [7, 11) is 0. The molecule has 0 unspecified atom stereocenters. The van der Waals surface area contributed by atoms with Gasteiger partial charge in [0.2, 0.25) is 11.8 Å². The molecule has 4 rings (SSSR count). The predicted molar refractivity (Wildman–Crippen MR) is 113 cm³/mol. The first-order valence-electron chi connectivity index (χ1n) is 10.1. The maximum absolute atomic E-state index is 13.4. The van der Waals surface area contributed by atoms with Crippen molar-refractivity contribution in [2.24, 2.45) is 5.41 Å². The standard InChI is InChI=1S/C23H22ClF3N2O2/c1-22(2,13-24)21(30)29-11-5-8-18(29)20-28-17-12-14(9-10-19(17)31-20)15-6-3-4-7-16(15)23(25,26)27/h3-4,6-7,9-10,12,18H,5,8,11,13H2,1-2H3/t18-/m1/s1. The molecule has 0 aliphatic carbocycles. The van der Waals surface area contributed by atoms with Gasteiger partial charge in [-0.1, -0.05) is 24.3 Å². The van der Waals surface area contributed by atoms with Gasteiger partial charge in [-0.3, -0.25) is 4.79 Å². The fraction of sp³-hybridized carbons (Fsp3) is 0.391. The molecule has 2 aromatic carbocycles. The number of carbonyl (C=O) groups is 1. The van der Waals surface area contributed by atoms with Crippen molar-refractivity contribution in [3.05, 3.63) is 53.9 Å². The highest BCUT2D eigenvalue weighted by atomic mass is 35.5. The van der Waals surface area contributed by atoms with Gasteiger partial charge in [0, 0.05) is 12.4 Å². The lowest BCUT2D eigenvalue weighted by Crippen LogP contribution is -2.41. The summed E-state index contributed by atoms with van der Waals surface area (Å²) in [6.07, 6.45) is -2.93. The van der Waals surface area contributed by atoms with Gasteiger partial charge in [-0.05, 0) is 56.0 Å². The van der Waals surface area contributed by atoms with Crippen LogP contribution in [0.25, 0.3) is 22.2 Å². The summed E-state index contributed by atoms with van der Waals surface area (Å²) in [5.41, 5.74) is 0.0179. The molecule has 0 N–H and O–H groups in total. The second kappa shape index (κ2) is 7.86. The van der Waals surface area contributed by atoms with E-state index in [0.717, 1.165) is 12.5 Å². The van der Waals surface area contributed by atoms with Crippen molar-refractivity contribution in [3.63, 3.8) is 0 Å². The number of carbonyl (C=O) groups excluding carboxylic acids is 1. The number of aromatic nitrogens is 1. The van der Waals surface area contributed by atoms with Crippen LogP contribution in [0.15, 0.2) is 46.9 Å². The first kappa shape index (κ1) is 21.7. The highest BCUT2D eigenvalue weighted by Crippen LogP contribution is 2.39. The van der Waals surface area contributed by atoms with E-state index in [1.54, 1.807) is 43.0 Å². The van der Waals surface area contributed by atoms with Crippen molar-refractivity contribution in [3.8, 4) is 11.1 Å². The molecule has 3 aromatic rings. The van der Waals surface area contributed by atoms with E-state index in [9.17, 15) is 18.0 Å². The van der Waals surface area contributed by atoms with Gasteiger partial charge in [-0.25, -0.2) is 4.98 Å². The number of amides is 1. The Hall–Kier alpha value is -2.54. The Kier molecular flexibility index (Phi) is 5.50. The van der Waals surface area contributed by atoms with Crippen molar-refractivity contribution >= 4 is 28.6 Å². The van der Waals surface area contributed by atoms with Gasteiger partial charge in [0.25, 0.3) is 0 Å². The summed E-state index contributed by atoms with van der Waals surface area (Å²) in [6.45, 7) is 4.19. The van der Waals surface area contributed by atoms with Crippen molar-refractivity contribution in [2.45, 2.75) is 38.9 Å². The van der Waals surface area contributed by atoms with Crippen LogP contribution in [0.2, 0.25) is 0 Å². The fourth-order valence-electron chi connectivity index (χ4n) is 3.95. The van der Waals surface area contributed by atoms with Gasteiger partial charge in [-0.15, -0.1) is 11.6 Å². The van der Waals surface area contributed by atoms with Gasteiger partial charge in [0.1, 0.15) is 11.6 Å². The van der Waals surface area contributed by atoms with Gasteiger partial charge in [0.05, 0.1) is 11.0 Å². The lowest BCUT2D eigenvalue weighted by molar-refractivity contribution is -0.140. The summed E-state index contributed by atoms with van der Waals surface area (Å²) in [5.74, 6) is 0.532. The molecule has 1 fully saturated rings. The number of halogens is 4. The van der Waals surface area contributed by atoms with Crippen LogP contribution >= 0.6 is 11.6 Å². The average Bonchev–Trinajstić information content (AvgIpc) is 3.38. The molecule has 0 spiro atoms. The Morgan fingerprint density at radius 2 is 1.97 bits per heavy atom.